The van der Waals surface area contributed by atoms with Crippen molar-refractivity contribution in [1.29, 1.82) is 5.41 Å². The van der Waals surface area contributed by atoms with Gasteiger partial charge in [-0.3, -0.25) is 5.41 Å². The Bertz CT molecular complexity index is 875. The summed E-state index contributed by atoms with van der Waals surface area (Å²) in [6, 6.07) is 10.3. The van der Waals surface area contributed by atoms with Crippen molar-refractivity contribution in [3.8, 4) is 0 Å². The first-order valence-corrected chi connectivity index (χ1v) is 8.91. The molecular weight excluding hydrogens is 388 g/mol. The fraction of sp³-hybridized carbons (Fsp3) is 0.250. The predicted molar refractivity (Wildman–Crippen MR) is 103 cm³/mol. The highest BCUT2D eigenvalue weighted by Gasteiger charge is 2.30. The van der Waals surface area contributed by atoms with E-state index in [9.17, 15) is 17.6 Å². The number of hydrogen-bond acceptors (Lipinski definition) is 4. The number of ether oxygens (including phenoxy) is 1. The first-order valence-electron chi connectivity index (χ1n) is 8.91. The van der Waals surface area contributed by atoms with Crippen LogP contribution in [0, 0.1) is 11.2 Å². The highest BCUT2D eigenvalue weighted by atomic mass is 19.4. The Labute approximate surface area is 165 Å². The molecule has 0 spiro atoms. The lowest BCUT2D eigenvalue weighted by molar-refractivity contribution is -0.137. The second-order valence-corrected chi connectivity index (χ2v) is 6.38. The SMILES string of the molecule is N=C(/C=C(\NNc1cccc(C(F)(F)F)c1)c1ccc(F)cc1)N1CCOCC1. The van der Waals surface area contributed by atoms with Crippen LogP contribution >= 0.6 is 0 Å². The maximum atomic E-state index is 13.3. The molecule has 5 nitrogen and oxygen atoms in total. The first-order chi connectivity index (χ1) is 13.8. The van der Waals surface area contributed by atoms with Gasteiger partial charge in [0.2, 0.25) is 0 Å². The van der Waals surface area contributed by atoms with Crippen molar-refractivity contribution in [2.45, 2.75) is 6.18 Å². The molecule has 1 fully saturated rings. The minimum atomic E-state index is -4.45. The van der Waals surface area contributed by atoms with Crippen LogP contribution in [0.15, 0.2) is 54.6 Å². The average Bonchev–Trinajstić information content (AvgIpc) is 2.72. The smallest absolute Gasteiger partial charge is 0.378 e. The Morgan fingerprint density at radius 3 is 2.41 bits per heavy atom. The number of nitrogens with one attached hydrogen (secondary N) is 3. The summed E-state index contributed by atoms with van der Waals surface area (Å²) in [5, 5.41) is 8.31. The van der Waals surface area contributed by atoms with Crippen molar-refractivity contribution in [2.24, 2.45) is 0 Å². The lowest BCUT2D eigenvalue weighted by Gasteiger charge is -2.28. The maximum absolute atomic E-state index is 13.3. The van der Waals surface area contributed by atoms with E-state index in [-0.39, 0.29) is 11.5 Å². The van der Waals surface area contributed by atoms with Crippen molar-refractivity contribution >= 4 is 17.2 Å². The van der Waals surface area contributed by atoms with Crippen LogP contribution in [-0.2, 0) is 10.9 Å². The van der Waals surface area contributed by atoms with Gasteiger partial charge in [0.1, 0.15) is 11.7 Å². The Balaban J connectivity index is 1.81. The molecule has 0 bridgehead atoms. The van der Waals surface area contributed by atoms with E-state index < -0.39 is 17.6 Å². The summed E-state index contributed by atoms with van der Waals surface area (Å²) < 4.78 is 57.3. The molecule has 0 aromatic heterocycles. The summed E-state index contributed by atoms with van der Waals surface area (Å²) in [4.78, 5) is 1.82. The van der Waals surface area contributed by atoms with Crippen LogP contribution < -0.4 is 10.9 Å². The number of hydrogen-bond donors (Lipinski definition) is 3. The van der Waals surface area contributed by atoms with Gasteiger partial charge in [0.15, 0.2) is 0 Å². The number of rotatable bonds is 5. The number of nitrogens with zero attached hydrogens (tertiary/aromatic N) is 1. The van der Waals surface area contributed by atoms with Crippen LogP contribution in [-0.4, -0.2) is 37.0 Å². The molecule has 2 aromatic rings. The molecule has 1 aliphatic rings. The summed E-state index contributed by atoms with van der Waals surface area (Å²) in [5.74, 6) is -0.201. The molecule has 1 saturated heterocycles. The largest absolute Gasteiger partial charge is 0.416 e. The number of amidine groups is 1. The van der Waals surface area contributed by atoms with Crippen molar-refractivity contribution in [3.05, 3.63) is 71.6 Å². The molecule has 0 atom stereocenters. The summed E-state index contributed by atoms with van der Waals surface area (Å²) in [6.07, 6.45) is -2.91. The first kappa shape index (κ1) is 20.7. The third-order valence-electron chi connectivity index (χ3n) is 4.32. The molecule has 2 aromatic carbocycles. The van der Waals surface area contributed by atoms with E-state index in [2.05, 4.69) is 10.9 Å². The van der Waals surface area contributed by atoms with Gasteiger partial charge in [-0.15, -0.1) is 0 Å². The van der Waals surface area contributed by atoms with Crippen LogP contribution in [0.5, 0.6) is 0 Å². The van der Waals surface area contributed by atoms with Gasteiger partial charge >= 0.3 is 6.18 Å². The number of anilines is 1. The van der Waals surface area contributed by atoms with Gasteiger partial charge in [0.05, 0.1) is 30.2 Å². The van der Waals surface area contributed by atoms with Crippen molar-refractivity contribution in [2.75, 3.05) is 31.7 Å². The summed E-state index contributed by atoms with van der Waals surface area (Å²) in [7, 11) is 0. The molecule has 29 heavy (non-hydrogen) atoms. The van der Waals surface area contributed by atoms with Crippen molar-refractivity contribution < 1.29 is 22.3 Å². The molecule has 3 rings (SSSR count). The fourth-order valence-corrected chi connectivity index (χ4v) is 2.77. The van der Waals surface area contributed by atoms with Crippen LogP contribution in [0.25, 0.3) is 5.70 Å². The van der Waals surface area contributed by atoms with Crippen LogP contribution in [0.3, 0.4) is 0 Å². The molecular formula is C20H20F4N4O. The molecule has 0 unspecified atom stereocenters. The second kappa shape index (κ2) is 8.95. The molecule has 1 heterocycles. The lowest BCUT2D eigenvalue weighted by Crippen LogP contribution is -2.40. The zero-order chi connectivity index (χ0) is 20.9. The fourth-order valence-electron chi connectivity index (χ4n) is 2.77. The van der Waals surface area contributed by atoms with E-state index in [1.807, 2.05) is 4.90 Å². The van der Waals surface area contributed by atoms with E-state index in [0.29, 0.717) is 37.6 Å². The number of halogens is 4. The third kappa shape index (κ3) is 5.71. The highest BCUT2D eigenvalue weighted by molar-refractivity contribution is 5.97. The molecule has 0 amide bonds. The Morgan fingerprint density at radius 1 is 1.07 bits per heavy atom. The molecule has 1 aliphatic heterocycles. The average molecular weight is 408 g/mol. The summed E-state index contributed by atoms with van der Waals surface area (Å²) in [5.41, 5.74) is 5.98. The van der Waals surface area contributed by atoms with Gasteiger partial charge < -0.3 is 20.5 Å². The monoisotopic (exact) mass is 408 g/mol. The van der Waals surface area contributed by atoms with Gasteiger partial charge in [0, 0.05) is 19.2 Å². The quantitative estimate of drug-likeness (QED) is 0.302. The van der Waals surface area contributed by atoms with Crippen LogP contribution in [0.2, 0.25) is 0 Å². The summed E-state index contributed by atoms with van der Waals surface area (Å²) >= 11 is 0. The van der Waals surface area contributed by atoms with E-state index in [1.54, 1.807) is 6.08 Å². The predicted octanol–water partition coefficient (Wildman–Crippen LogP) is 4.11. The van der Waals surface area contributed by atoms with Gasteiger partial charge in [-0.05, 0) is 48.0 Å². The Kier molecular flexibility index (Phi) is 6.38. The number of alkyl halides is 3. The Hall–Kier alpha value is -3.07. The lowest BCUT2D eigenvalue weighted by atomic mass is 10.1. The molecule has 3 N–H and O–H groups in total. The normalized spacial score (nSPS) is 15.2. The standard InChI is InChI=1S/C20H20F4N4O/c21-16-6-4-14(5-7-16)18(13-19(25)28-8-10-29-11-9-28)27-26-17-3-1-2-15(12-17)20(22,23)24/h1-7,12-13,25-27H,8-11H2/b18-13-,25-19?. The van der Waals surface area contributed by atoms with E-state index in [0.717, 1.165) is 12.1 Å². The van der Waals surface area contributed by atoms with Gasteiger partial charge in [0.25, 0.3) is 0 Å². The van der Waals surface area contributed by atoms with E-state index >= 15 is 0 Å². The second-order valence-electron chi connectivity index (χ2n) is 6.38. The number of hydrazine groups is 1. The van der Waals surface area contributed by atoms with Crippen molar-refractivity contribution in [1.82, 2.24) is 10.3 Å². The molecule has 0 radical (unpaired) electrons. The zero-order valence-corrected chi connectivity index (χ0v) is 15.4. The van der Waals surface area contributed by atoms with Gasteiger partial charge in [-0.1, -0.05) is 6.07 Å². The van der Waals surface area contributed by atoms with Crippen LogP contribution in [0.4, 0.5) is 23.2 Å². The molecule has 0 aliphatic carbocycles. The zero-order valence-electron chi connectivity index (χ0n) is 15.4. The Morgan fingerprint density at radius 2 is 1.76 bits per heavy atom. The summed E-state index contributed by atoms with van der Waals surface area (Å²) in [6.45, 7) is 2.15. The van der Waals surface area contributed by atoms with Crippen LogP contribution in [0.1, 0.15) is 11.1 Å². The number of benzene rings is 2. The third-order valence-corrected chi connectivity index (χ3v) is 4.32. The van der Waals surface area contributed by atoms with Gasteiger partial charge in [-0.25, -0.2) is 4.39 Å². The molecule has 0 saturated carbocycles. The molecule has 154 valence electrons. The minimum absolute atomic E-state index is 0.200. The van der Waals surface area contributed by atoms with E-state index in [1.165, 1.54) is 36.4 Å². The van der Waals surface area contributed by atoms with E-state index in [4.69, 9.17) is 10.1 Å². The van der Waals surface area contributed by atoms with Gasteiger partial charge in [-0.2, -0.15) is 13.2 Å². The topological polar surface area (TPSA) is 60.4 Å². The minimum Gasteiger partial charge on any atom is -0.378 e. The maximum Gasteiger partial charge on any atom is 0.416 e. The highest BCUT2D eigenvalue weighted by Crippen LogP contribution is 2.30. The molecule has 9 heteroatoms. The number of morpholine rings is 1. The van der Waals surface area contributed by atoms with Crippen molar-refractivity contribution in [3.63, 3.8) is 0 Å².